The van der Waals surface area contributed by atoms with Gasteiger partial charge in [0.1, 0.15) is 5.01 Å². The molecule has 7 nitrogen and oxygen atoms in total. The molecule has 0 aliphatic carbocycles. The second-order valence-electron chi connectivity index (χ2n) is 5.59. The summed E-state index contributed by atoms with van der Waals surface area (Å²) in [6.07, 6.45) is 0.664. The monoisotopic (exact) mass is 435 g/mol. The highest BCUT2D eigenvalue weighted by Crippen LogP contribution is 2.27. The van der Waals surface area contributed by atoms with Gasteiger partial charge >= 0.3 is 12.0 Å². The van der Waals surface area contributed by atoms with Gasteiger partial charge in [0.2, 0.25) is 0 Å². The number of esters is 1. The number of thiophene rings is 2. The quantitative estimate of drug-likeness (QED) is 0.530. The van der Waals surface area contributed by atoms with Crippen molar-refractivity contribution in [3.05, 3.63) is 51.0 Å². The smallest absolute Gasteiger partial charge is 0.321 e. The molecule has 146 valence electrons. The first-order valence-electron chi connectivity index (χ1n) is 8.34. The lowest BCUT2D eigenvalue weighted by molar-refractivity contribution is -0.147. The van der Waals surface area contributed by atoms with Crippen LogP contribution in [0.25, 0.3) is 9.88 Å². The molecule has 0 aliphatic heterocycles. The second kappa shape index (κ2) is 10.1. The Morgan fingerprint density at radius 3 is 2.64 bits per heavy atom. The van der Waals surface area contributed by atoms with Crippen molar-refractivity contribution in [2.75, 3.05) is 13.2 Å². The summed E-state index contributed by atoms with van der Waals surface area (Å²) in [5.41, 5.74) is 0.588. The fourth-order valence-electron chi connectivity index (χ4n) is 2.21. The normalized spacial score (nSPS) is 10.4. The maximum atomic E-state index is 11.9. The lowest BCUT2D eigenvalue weighted by Gasteiger charge is -2.06. The van der Waals surface area contributed by atoms with Crippen molar-refractivity contribution in [3.63, 3.8) is 0 Å². The third kappa shape index (κ3) is 6.25. The van der Waals surface area contributed by atoms with Crippen LogP contribution in [0.4, 0.5) is 4.79 Å². The van der Waals surface area contributed by atoms with Gasteiger partial charge in [-0.05, 0) is 29.3 Å². The number of carbonyl (C=O) groups excluding carboxylic acids is 3. The molecule has 3 aromatic rings. The molecule has 0 saturated carbocycles. The molecule has 3 amide bonds. The Bertz CT molecular complexity index is 920. The van der Waals surface area contributed by atoms with Crippen LogP contribution in [0.15, 0.2) is 40.4 Å². The maximum absolute atomic E-state index is 11.9. The third-order valence-electron chi connectivity index (χ3n) is 3.46. The molecular weight excluding hydrogens is 418 g/mol. The number of imide groups is 1. The minimum atomic E-state index is -0.681. The summed E-state index contributed by atoms with van der Waals surface area (Å²) < 4.78 is 4.91. The van der Waals surface area contributed by atoms with Crippen LogP contribution in [0.5, 0.6) is 0 Å². The van der Waals surface area contributed by atoms with E-state index in [9.17, 15) is 14.4 Å². The van der Waals surface area contributed by atoms with E-state index in [1.807, 2.05) is 35.0 Å². The molecule has 0 radical (unpaired) electrons. The van der Waals surface area contributed by atoms with Gasteiger partial charge in [-0.25, -0.2) is 9.78 Å². The highest BCUT2D eigenvalue weighted by molar-refractivity contribution is 7.20. The molecule has 0 aromatic carbocycles. The molecule has 0 fully saturated rings. The number of nitrogens with zero attached hydrogens (tertiary/aromatic N) is 1. The number of nitrogens with one attached hydrogen (secondary N) is 2. The molecule has 0 spiro atoms. The first kappa shape index (κ1) is 20.2. The topological polar surface area (TPSA) is 97.4 Å². The van der Waals surface area contributed by atoms with Crippen molar-refractivity contribution in [3.8, 4) is 9.88 Å². The van der Waals surface area contributed by atoms with E-state index in [1.54, 1.807) is 28.1 Å². The minimum absolute atomic E-state index is 0.0256. The van der Waals surface area contributed by atoms with Gasteiger partial charge in [-0.15, -0.1) is 34.0 Å². The molecule has 10 heteroatoms. The van der Waals surface area contributed by atoms with Crippen molar-refractivity contribution in [2.45, 2.75) is 12.8 Å². The van der Waals surface area contributed by atoms with Gasteiger partial charge in [0, 0.05) is 16.8 Å². The van der Waals surface area contributed by atoms with E-state index in [0.29, 0.717) is 18.7 Å². The van der Waals surface area contributed by atoms with Gasteiger partial charge in [-0.1, -0.05) is 12.1 Å². The van der Waals surface area contributed by atoms with Crippen molar-refractivity contribution < 1.29 is 19.1 Å². The fraction of sp³-hybridized carbons (Fsp3) is 0.222. The van der Waals surface area contributed by atoms with Crippen molar-refractivity contribution >= 4 is 51.9 Å². The van der Waals surface area contributed by atoms with E-state index in [4.69, 9.17) is 4.74 Å². The predicted molar refractivity (Wildman–Crippen MR) is 110 cm³/mol. The van der Waals surface area contributed by atoms with Gasteiger partial charge in [-0.2, -0.15) is 0 Å². The number of ether oxygens (including phenoxy) is 1. The fourth-order valence-corrected chi connectivity index (χ4v) is 4.55. The van der Waals surface area contributed by atoms with Gasteiger partial charge in [0.25, 0.3) is 5.91 Å². The Kier molecular flexibility index (Phi) is 7.29. The van der Waals surface area contributed by atoms with E-state index in [1.165, 1.54) is 11.3 Å². The minimum Gasteiger partial charge on any atom is -0.455 e. The van der Waals surface area contributed by atoms with Gasteiger partial charge in [0.05, 0.1) is 17.0 Å². The Morgan fingerprint density at radius 1 is 1.07 bits per heavy atom. The van der Waals surface area contributed by atoms with Gasteiger partial charge in [-0.3, -0.25) is 14.9 Å². The molecule has 3 rings (SSSR count). The summed E-state index contributed by atoms with van der Waals surface area (Å²) in [6, 6.07) is 7.19. The average Bonchev–Trinajstić information content (AvgIpc) is 3.42. The van der Waals surface area contributed by atoms with E-state index in [0.717, 1.165) is 14.8 Å². The number of hydrogen-bond acceptors (Lipinski definition) is 8. The molecule has 0 aliphatic rings. The van der Waals surface area contributed by atoms with E-state index >= 15 is 0 Å². The van der Waals surface area contributed by atoms with Crippen LogP contribution in [-0.2, 0) is 27.2 Å². The Balaban J connectivity index is 1.33. The Hall–Kier alpha value is -2.56. The summed E-state index contributed by atoms with van der Waals surface area (Å²) in [4.78, 5) is 41.8. The number of aromatic nitrogens is 1. The van der Waals surface area contributed by atoms with Crippen LogP contribution in [0.2, 0.25) is 0 Å². The van der Waals surface area contributed by atoms with Crippen LogP contribution in [0.1, 0.15) is 10.6 Å². The highest BCUT2D eigenvalue weighted by atomic mass is 32.1. The summed E-state index contributed by atoms with van der Waals surface area (Å²) in [7, 11) is 0. The number of urea groups is 1. The summed E-state index contributed by atoms with van der Waals surface area (Å²) in [6.45, 7) is -0.102. The summed E-state index contributed by atoms with van der Waals surface area (Å²) >= 11 is 4.62. The van der Waals surface area contributed by atoms with E-state index < -0.39 is 24.5 Å². The predicted octanol–water partition coefficient (Wildman–Crippen LogP) is 3.09. The van der Waals surface area contributed by atoms with Crippen LogP contribution in [0.3, 0.4) is 0 Å². The standard InChI is InChI=1S/C18H17N3O4S3/c22-15(21-18(24)19-6-5-13-3-1-7-26-13)10-25-16(23)9-12-11-28-17(20-12)14-4-2-8-27-14/h1-4,7-8,11H,5-6,9-10H2,(H2,19,21,22,24). The lowest BCUT2D eigenvalue weighted by Crippen LogP contribution is -2.42. The third-order valence-corrected chi connectivity index (χ3v) is 6.33. The van der Waals surface area contributed by atoms with Gasteiger partial charge in [0.15, 0.2) is 6.61 Å². The lowest BCUT2D eigenvalue weighted by atomic mass is 10.3. The first-order valence-corrected chi connectivity index (χ1v) is 11.0. The van der Waals surface area contributed by atoms with E-state index in [-0.39, 0.29) is 6.42 Å². The number of carbonyl (C=O) groups is 3. The SMILES string of the molecule is O=C(COC(=O)Cc1csc(-c2cccs2)n1)NC(=O)NCCc1cccs1. The molecule has 2 N–H and O–H groups in total. The van der Waals surface area contributed by atoms with Crippen molar-refractivity contribution in [2.24, 2.45) is 0 Å². The van der Waals surface area contributed by atoms with Crippen molar-refractivity contribution in [1.29, 1.82) is 0 Å². The maximum Gasteiger partial charge on any atom is 0.321 e. The second-order valence-corrected chi connectivity index (χ2v) is 8.43. The number of thiazole rings is 1. The summed E-state index contributed by atoms with van der Waals surface area (Å²) in [5.74, 6) is -1.25. The Labute approximate surface area is 173 Å². The largest absolute Gasteiger partial charge is 0.455 e. The van der Waals surface area contributed by atoms with Crippen LogP contribution in [-0.4, -0.2) is 36.0 Å². The summed E-state index contributed by atoms with van der Waals surface area (Å²) in [5, 5.41) is 11.3. The van der Waals surface area contributed by atoms with Crippen molar-refractivity contribution in [1.82, 2.24) is 15.6 Å². The van der Waals surface area contributed by atoms with E-state index in [2.05, 4.69) is 15.6 Å². The molecular formula is C18H17N3O4S3. The van der Waals surface area contributed by atoms with Gasteiger partial charge < -0.3 is 10.1 Å². The molecule has 3 aromatic heterocycles. The zero-order chi connectivity index (χ0) is 19.8. The molecule has 0 saturated heterocycles. The molecule has 0 atom stereocenters. The zero-order valence-electron chi connectivity index (χ0n) is 14.7. The molecule has 0 bridgehead atoms. The number of hydrogen-bond donors (Lipinski definition) is 2. The highest BCUT2D eigenvalue weighted by Gasteiger charge is 2.13. The number of rotatable bonds is 8. The number of amides is 3. The molecule has 0 unspecified atom stereocenters. The Morgan fingerprint density at radius 2 is 1.89 bits per heavy atom. The van der Waals surface area contributed by atoms with Crippen LogP contribution < -0.4 is 10.6 Å². The van der Waals surface area contributed by atoms with Crippen LogP contribution >= 0.6 is 34.0 Å². The first-order chi connectivity index (χ1) is 13.6. The molecule has 3 heterocycles. The zero-order valence-corrected chi connectivity index (χ0v) is 17.1. The average molecular weight is 436 g/mol. The van der Waals surface area contributed by atoms with Crippen LogP contribution in [0, 0.1) is 0 Å². The molecule has 28 heavy (non-hydrogen) atoms.